The number of carbonyl (C=O) groups excluding carboxylic acids is 1. The van der Waals surface area contributed by atoms with Crippen molar-refractivity contribution in [3.05, 3.63) is 58.7 Å². The SMILES string of the molecule is COc1ccc(/C(C)=N/NC(=O)Cc2ccc(C)cc2C)c(O)c1. The Morgan fingerprint density at radius 2 is 1.96 bits per heavy atom. The summed E-state index contributed by atoms with van der Waals surface area (Å²) in [5, 5.41) is 14.1. The van der Waals surface area contributed by atoms with E-state index in [9.17, 15) is 9.90 Å². The van der Waals surface area contributed by atoms with Crippen molar-refractivity contribution in [2.24, 2.45) is 5.10 Å². The zero-order valence-corrected chi connectivity index (χ0v) is 14.4. The van der Waals surface area contributed by atoms with Crippen LogP contribution in [0.2, 0.25) is 0 Å². The van der Waals surface area contributed by atoms with Crippen LogP contribution in [0.1, 0.15) is 29.2 Å². The maximum Gasteiger partial charge on any atom is 0.244 e. The monoisotopic (exact) mass is 326 g/mol. The van der Waals surface area contributed by atoms with Gasteiger partial charge in [0.05, 0.1) is 19.2 Å². The molecule has 0 heterocycles. The van der Waals surface area contributed by atoms with E-state index in [1.807, 2.05) is 32.0 Å². The van der Waals surface area contributed by atoms with E-state index < -0.39 is 0 Å². The molecule has 0 atom stereocenters. The van der Waals surface area contributed by atoms with Gasteiger partial charge in [-0.2, -0.15) is 5.10 Å². The number of hydrogen-bond acceptors (Lipinski definition) is 4. The Bertz CT molecular complexity index is 782. The van der Waals surface area contributed by atoms with Crippen molar-refractivity contribution < 1.29 is 14.6 Å². The lowest BCUT2D eigenvalue weighted by molar-refractivity contribution is -0.120. The van der Waals surface area contributed by atoms with Crippen molar-refractivity contribution in [1.29, 1.82) is 0 Å². The summed E-state index contributed by atoms with van der Waals surface area (Å²) in [6, 6.07) is 10.9. The molecular weight excluding hydrogens is 304 g/mol. The van der Waals surface area contributed by atoms with E-state index in [4.69, 9.17) is 4.74 Å². The van der Waals surface area contributed by atoms with Gasteiger partial charge in [0, 0.05) is 11.6 Å². The van der Waals surface area contributed by atoms with Gasteiger partial charge < -0.3 is 9.84 Å². The average Bonchev–Trinajstić information content (AvgIpc) is 2.55. The molecule has 2 aromatic carbocycles. The normalized spacial score (nSPS) is 11.2. The number of methoxy groups -OCH3 is 1. The highest BCUT2D eigenvalue weighted by molar-refractivity contribution is 6.01. The molecule has 2 rings (SSSR count). The van der Waals surface area contributed by atoms with Gasteiger partial charge in [0.2, 0.25) is 5.91 Å². The van der Waals surface area contributed by atoms with Crippen LogP contribution < -0.4 is 10.2 Å². The van der Waals surface area contributed by atoms with E-state index >= 15 is 0 Å². The van der Waals surface area contributed by atoms with Crippen molar-refractivity contribution in [2.45, 2.75) is 27.2 Å². The molecule has 126 valence electrons. The lowest BCUT2D eigenvalue weighted by Gasteiger charge is -2.08. The van der Waals surface area contributed by atoms with Crippen LogP contribution >= 0.6 is 0 Å². The molecule has 24 heavy (non-hydrogen) atoms. The molecule has 0 saturated carbocycles. The van der Waals surface area contributed by atoms with E-state index in [0.717, 1.165) is 11.1 Å². The van der Waals surface area contributed by atoms with Crippen LogP contribution in [0.4, 0.5) is 0 Å². The zero-order valence-electron chi connectivity index (χ0n) is 14.4. The molecule has 0 aliphatic carbocycles. The number of benzene rings is 2. The van der Waals surface area contributed by atoms with E-state index in [-0.39, 0.29) is 18.1 Å². The van der Waals surface area contributed by atoms with Gasteiger partial charge in [-0.05, 0) is 44.0 Å². The van der Waals surface area contributed by atoms with Crippen LogP contribution in [-0.2, 0) is 11.2 Å². The average molecular weight is 326 g/mol. The minimum atomic E-state index is -0.200. The third kappa shape index (κ3) is 4.35. The highest BCUT2D eigenvalue weighted by Gasteiger charge is 2.08. The summed E-state index contributed by atoms with van der Waals surface area (Å²) in [6.45, 7) is 5.73. The summed E-state index contributed by atoms with van der Waals surface area (Å²) in [5.41, 5.74) is 6.82. The number of aryl methyl sites for hydroxylation is 2. The standard InChI is InChI=1S/C19H22N2O3/c1-12-5-6-15(13(2)9-12)10-19(23)21-20-14(3)17-8-7-16(24-4)11-18(17)22/h5-9,11,22H,10H2,1-4H3,(H,21,23)/b20-14+. The zero-order chi connectivity index (χ0) is 17.7. The third-order valence-electron chi connectivity index (χ3n) is 3.79. The number of phenols is 1. The maximum atomic E-state index is 12.1. The van der Waals surface area contributed by atoms with E-state index in [1.54, 1.807) is 19.1 Å². The minimum absolute atomic E-state index is 0.0548. The molecule has 0 bridgehead atoms. The van der Waals surface area contributed by atoms with Gasteiger partial charge in [0.1, 0.15) is 11.5 Å². The van der Waals surface area contributed by atoms with Crippen molar-refractivity contribution in [2.75, 3.05) is 7.11 Å². The summed E-state index contributed by atoms with van der Waals surface area (Å²) in [4.78, 5) is 12.1. The van der Waals surface area contributed by atoms with E-state index in [1.165, 1.54) is 18.7 Å². The molecular formula is C19H22N2O3. The highest BCUT2D eigenvalue weighted by Crippen LogP contribution is 2.23. The number of ether oxygens (including phenoxy) is 1. The number of aromatic hydroxyl groups is 1. The van der Waals surface area contributed by atoms with Crippen molar-refractivity contribution >= 4 is 11.6 Å². The quantitative estimate of drug-likeness (QED) is 0.655. The Labute approximate surface area is 142 Å². The van der Waals surface area contributed by atoms with Crippen LogP contribution in [0.3, 0.4) is 0 Å². The van der Waals surface area contributed by atoms with Gasteiger partial charge in [-0.25, -0.2) is 5.43 Å². The second kappa shape index (κ2) is 7.64. The van der Waals surface area contributed by atoms with Crippen LogP contribution in [0.5, 0.6) is 11.5 Å². The molecule has 1 amide bonds. The lowest BCUT2D eigenvalue weighted by Crippen LogP contribution is -2.21. The fourth-order valence-corrected chi connectivity index (χ4v) is 2.41. The Morgan fingerprint density at radius 3 is 2.58 bits per heavy atom. The molecule has 0 fully saturated rings. The van der Waals surface area contributed by atoms with Gasteiger partial charge in [0.25, 0.3) is 0 Å². The number of hydrogen-bond donors (Lipinski definition) is 2. The summed E-state index contributed by atoms with van der Waals surface area (Å²) in [5.74, 6) is 0.413. The first-order valence-corrected chi connectivity index (χ1v) is 7.67. The number of phenolic OH excluding ortho intramolecular Hbond substituents is 1. The molecule has 0 spiro atoms. The molecule has 0 saturated heterocycles. The maximum absolute atomic E-state index is 12.1. The molecule has 0 unspecified atom stereocenters. The van der Waals surface area contributed by atoms with Crippen LogP contribution in [0.25, 0.3) is 0 Å². The Balaban J connectivity index is 2.05. The number of nitrogens with one attached hydrogen (secondary N) is 1. The van der Waals surface area contributed by atoms with E-state index in [2.05, 4.69) is 10.5 Å². The van der Waals surface area contributed by atoms with Crippen LogP contribution in [0, 0.1) is 13.8 Å². The fourth-order valence-electron chi connectivity index (χ4n) is 2.41. The Kier molecular flexibility index (Phi) is 5.58. The first-order chi connectivity index (χ1) is 11.4. The third-order valence-corrected chi connectivity index (χ3v) is 3.79. The molecule has 0 aliphatic rings. The summed E-state index contributed by atoms with van der Waals surface area (Å²) < 4.78 is 5.04. The van der Waals surface area contributed by atoms with Gasteiger partial charge in [-0.1, -0.05) is 23.8 Å². The van der Waals surface area contributed by atoms with Crippen molar-refractivity contribution in [3.63, 3.8) is 0 Å². The number of hydrazone groups is 1. The number of amides is 1. The molecule has 0 aliphatic heterocycles. The van der Waals surface area contributed by atoms with Gasteiger partial charge >= 0.3 is 0 Å². The topological polar surface area (TPSA) is 70.9 Å². The van der Waals surface area contributed by atoms with Crippen molar-refractivity contribution in [1.82, 2.24) is 5.43 Å². The molecule has 2 aromatic rings. The summed E-state index contributed by atoms with van der Waals surface area (Å²) >= 11 is 0. The summed E-state index contributed by atoms with van der Waals surface area (Å²) in [6.07, 6.45) is 0.261. The second-order valence-electron chi connectivity index (χ2n) is 5.72. The Hall–Kier alpha value is -2.82. The predicted octanol–water partition coefficient (Wildman–Crippen LogP) is 3.10. The van der Waals surface area contributed by atoms with Gasteiger partial charge in [-0.15, -0.1) is 0 Å². The smallest absolute Gasteiger partial charge is 0.244 e. The minimum Gasteiger partial charge on any atom is -0.507 e. The van der Waals surface area contributed by atoms with Crippen molar-refractivity contribution in [3.8, 4) is 11.5 Å². The number of carbonyl (C=O) groups is 1. The molecule has 5 heteroatoms. The number of rotatable bonds is 5. The Morgan fingerprint density at radius 1 is 1.21 bits per heavy atom. The lowest BCUT2D eigenvalue weighted by atomic mass is 10.0. The van der Waals surface area contributed by atoms with Gasteiger partial charge in [-0.3, -0.25) is 4.79 Å². The van der Waals surface area contributed by atoms with Crippen LogP contribution in [0.15, 0.2) is 41.5 Å². The van der Waals surface area contributed by atoms with E-state index in [0.29, 0.717) is 17.0 Å². The molecule has 2 N–H and O–H groups in total. The predicted molar refractivity (Wildman–Crippen MR) is 94.6 cm³/mol. The molecule has 0 radical (unpaired) electrons. The fraction of sp³-hybridized carbons (Fsp3) is 0.263. The van der Waals surface area contributed by atoms with Crippen LogP contribution in [-0.4, -0.2) is 23.8 Å². The number of nitrogens with zero attached hydrogens (tertiary/aromatic N) is 1. The summed E-state index contributed by atoms with van der Waals surface area (Å²) in [7, 11) is 1.53. The van der Waals surface area contributed by atoms with Gasteiger partial charge in [0.15, 0.2) is 0 Å². The highest BCUT2D eigenvalue weighted by atomic mass is 16.5. The molecule has 0 aromatic heterocycles. The molecule has 5 nitrogen and oxygen atoms in total. The largest absolute Gasteiger partial charge is 0.507 e. The first kappa shape index (κ1) is 17.5. The first-order valence-electron chi connectivity index (χ1n) is 7.67. The second-order valence-corrected chi connectivity index (χ2v) is 5.72.